The van der Waals surface area contributed by atoms with Crippen molar-refractivity contribution in [1.82, 2.24) is 20.6 Å². The number of benzene rings is 2. The van der Waals surface area contributed by atoms with Crippen LogP contribution < -0.4 is 15.4 Å². The summed E-state index contributed by atoms with van der Waals surface area (Å²) in [5.74, 6) is 0.917. The number of β-amino-alcohol motifs (C(OH)–C–C–N with tert-alkyl or cyclic N) is 1. The number of aromatic amines is 1. The average molecular weight is 417 g/mol. The third-order valence-corrected chi connectivity index (χ3v) is 4.16. The van der Waals surface area contributed by atoms with E-state index >= 15 is 0 Å². The van der Waals surface area contributed by atoms with Gasteiger partial charge in [0.05, 0.1) is 30.6 Å². The van der Waals surface area contributed by atoms with Gasteiger partial charge in [0.2, 0.25) is 0 Å². The molecule has 2 aromatic carbocycles. The molecule has 3 aromatic rings. The minimum atomic E-state index is -0.250. The zero-order valence-electron chi connectivity index (χ0n) is 17.8. The van der Waals surface area contributed by atoms with E-state index in [9.17, 15) is 0 Å². The Bertz CT molecular complexity index is 831. The summed E-state index contributed by atoms with van der Waals surface area (Å²) in [6, 6.07) is 14.2. The summed E-state index contributed by atoms with van der Waals surface area (Å²) in [5, 5.41) is 21.7. The van der Waals surface area contributed by atoms with Crippen molar-refractivity contribution in [3.05, 3.63) is 59.9 Å². The Balaban J connectivity index is 0.000000221. The molecule has 8 heteroatoms. The van der Waals surface area contributed by atoms with Crippen LogP contribution >= 0.6 is 0 Å². The number of hydrogen-bond acceptors (Lipinski definition) is 6. The van der Waals surface area contributed by atoms with Gasteiger partial charge in [0.1, 0.15) is 5.75 Å². The lowest BCUT2D eigenvalue weighted by atomic mass is 10.2. The highest BCUT2D eigenvalue weighted by molar-refractivity contribution is 5.74. The van der Waals surface area contributed by atoms with E-state index in [4.69, 9.17) is 19.7 Å². The van der Waals surface area contributed by atoms with E-state index in [0.29, 0.717) is 0 Å². The minimum absolute atomic E-state index is 0.0648. The number of rotatable bonds is 3. The van der Waals surface area contributed by atoms with Gasteiger partial charge in [-0.1, -0.05) is 23.8 Å². The average Bonchev–Trinajstić information content (AvgIpc) is 3.41. The van der Waals surface area contributed by atoms with Crippen LogP contribution in [0.4, 0.5) is 0 Å². The minimum Gasteiger partial charge on any atom is -0.497 e. The van der Waals surface area contributed by atoms with Gasteiger partial charge in [-0.3, -0.25) is 4.79 Å². The van der Waals surface area contributed by atoms with Crippen LogP contribution in [0.2, 0.25) is 0 Å². The maximum atomic E-state index is 8.67. The van der Waals surface area contributed by atoms with Crippen molar-refractivity contribution in [3.8, 4) is 5.75 Å². The smallest absolute Gasteiger partial charge is 0.290 e. The van der Waals surface area contributed by atoms with Crippen LogP contribution in [0.3, 0.4) is 0 Å². The molecular formula is C22H32N4O4. The second-order valence-electron chi connectivity index (χ2n) is 6.55. The number of carboxylic acid groups (broad SMARTS) is 1. The van der Waals surface area contributed by atoms with Crippen molar-refractivity contribution >= 4 is 17.5 Å². The Morgan fingerprint density at radius 1 is 1.27 bits per heavy atom. The maximum Gasteiger partial charge on any atom is 0.290 e. The van der Waals surface area contributed by atoms with E-state index in [1.54, 1.807) is 13.4 Å². The maximum absolute atomic E-state index is 8.67. The molecule has 0 saturated carbocycles. The van der Waals surface area contributed by atoms with E-state index in [1.165, 1.54) is 11.1 Å². The Morgan fingerprint density at radius 3 is 2.47 bits per heavy atom. The van der Waals surface area contributed by atoms with Crippen LogP contribution in [0, 0.1) is 6.92 Å². The van der Waals surface area contributed by atoms with Crippen LogP contribution in [-0.4, -0.2) is 60.0 Å². The number of nitrogens with one attached hydrogen (secondary N) is 3. The Morgan fingerprint density at radius 2 is 1.97 bits per heavy atom. The van der Waals surface area contributed by atoms with Crippen LogP contribution in [0.1, 0.15) is 17.5 Å². The second-order valence-corrected chi connectivity index (χ2v) is 6.55. The largest absolute Gasteiger partial charge is 0.497 e. The molecule has 2 heterocycles. The first-order valence-corrected chi connectivity index (χ1v) is 9.68. The zero-order chi connectivity index (χ0) is 22.2. The number of H-pyrrole nitrogens is 1. The molecule has 5 N–H and O–H groups in total. The molecule has 0 spiro atoms. The molecule has 1 saturated heterocycles. The molecule has 164 valence electrons. The number of aliphatic hydroxyl groups is 1. The van der Waals surface area contributed by atoms with Crippen molar-refractivity contribution in [1.29, 1.82) is 0 Å². The number of aliphatic hydroxyl groups excluding tert-OH is 1. The second kappa shape index (κ2) is 15.0. The van der Waals surface area contributed by atoms with Gasteiger partial charge in [0, 0.05) is 13.1 Å². The summed E-state index contributed by atoms with van der Waals surface area (Å²) in [7, 11) is 3.61. The van der Waals surface area contributed by atoms with Crippen LogP contribution in [-0.2, 0) is 11.3 Å². The lowest BCUT2D eigenvalue weighted by molar-refractivity contribution is -0.122. The molecule has 1 unspecified atom stereocenters. The Hall–Kier alpha value is -2.94. The number of hydrogen-bond donors (Lipinski definition) is 5. The van der Waals surface area contributed by atoms with Gasteiger partial charge >= 0.3 is 0 Å². The van der Waals surface area contributed by atoms with Crippen molar-refractivity contribution in [3.63, 3.8) is 0 Å². The van der Waals surface area contributed by atoms with Gasteiger partial charge in [-0.2, -0.15) is 0 Å². The number of ether oxygens (including phenoxy) is 1. The highest BCUT2D eigenvalue weighted by atomic mass is 16.5. The van der Waals surface area contributed by atoms with Gasteiger partial charge in [-0.15, -0.1) is 0 Å². The third-order valence-electron chi connectivity index (χ3n) is 4.16. The quantitative estimate of drug-likeness (QED) is 0.416. The van der Waals surface area contributed by atoms with Crippen molar-refractivity contribution in [2.75, 3.05) is 27.2 Å². The fourth-order valence-corrected chi connectivity index (χ4v) is 2.61. The summed E-state index contributed by atoms with van der Waals surface area (Å²) in [6.07, 6.45) is 2.58. The lowest BCUT2D eigenvalue weighted by Crippen LogP contribution is -2.11. The Labute approximate surface area is 177 Å². The number of aromatic nitrogens is 2. The van der Waals surface area contributed by atoms with Gasteiger partial charge < -0.3 is 30.6 Å². The molecule has 0 radical (unpaired) electrons. The molecule has 1 aromatic heterocycles. The van der Waals surface area contributed by atoms with Crippen molar-refractivity contribution in [2.45, 2.75) is 26.0 Å². The summed E-state index contributed by atoms with van der Waals surface area (Å²) >= 11 is 0. The number of imidazole rings is 1. The third kappa shape index (κ3) is 10.0. The molecule has 1 aliphatic rings. The van der Waals surface area contributed by atoms with E-state index in [-0.39, 0.29) is 12.6 Å². The molecule has 30 heavy (non-hydrogen) atoms. The molecular weight excluding hydrogens is 384 g/mol. The molecule has 1 fully saturated rings. The molecule has 4 rings (SSSR count). The SMILES string of the molecule is CNCc1ccc2nc[nH]c2c1.COc1ccc(C)cc1.O=CO.OC1CCNC1. The molecule has 0 aliphatic carbocycles. The van der Waals surface area contributed by atoms with Crippen LogP contribution in [0.5, 0.6) is 5.75 Å². The molecule has 1 aliphatic heterocycles. The monoisotopic (exact) mass is 416 g/mol. The van der Waals surface area contributed by atoms with Gasteiger partial charge in [-0.25, -0.2) is 4.98 Å². The molecule has 0 amide bonds. The summed E-state index contributed by atoms with van der Waals surface area (Å²) < 4.78 is 4.97. The highest BCUT2D eigenvalue weighted by Crippen LogP contribution is 2.11. The fraction of sp³-hybridized carbons (Fsp3) is 0.364. The Kier molecular flexibility index (Phi) is 12.5. The molecule has 8 nitrogen and oxygen atoms in total. The van der Waals surface area contributed by atoms with E-state index in [0.717, 1.165) is 42.8 Å². The first-order chi connectivity index (χ1) is 14.5. The summed E-state index contributed by atoms with van der Waals surface area (Å²) in [4.78, 5) is 15.6. The van der Waals surface area contributed by atoms with E-state index < -0.39 is 0 Å². The van der Waals surface area contributed by atoms with E-state index in [1.807, 2.05) is 37.4 Å². The number of aryl methyl sites for hydroxylation is 1. The fourth-order valence-electron chi connectivity index (χ4n) is 2.61. The van der Waals surface area contributed by atoms with Crippen molar-refractivity contribution < 1.29 is 19.7 Å². The van der Waals surface area contributed by atoms with Crippen molar-refractivity contribution in [2.24, 2.45) is 0 Å². The van der Waals surface area contributed by atoms with E-state index in [2.05, 4.69) is 39.7 Å². The first-order valence-electron chi connectivity index (χ1n) is 9.68. The van der Waals surface area contributed by atoms with Crippen LogP contribution in [0.15, 0.2) is 48.8 Å². The number of carbonyl (C=O) groups is 1. The number of fused-ring (bicyclic) bond motifs is 1. The number of nitrogens with zero attached hydrogens (tertiary/aromatic N) is 1. The summed E-state index contributed by atoms with van der Waals surface area (Å²) in [5.41, 5.74) is 4.66. The van der Waals surface area contributed by atoms with Gasteiger partial charge in [0.25, 0.3) is 6.47 Å². The molecule has 0 bridgehead atoms. The topological polar surface area (TPSA) is 120 Å². The standard InChI is InChI=1S/C9H11N3.C8H10O.C4H9NO.CH2O2/c1-10-5-7-2-3-8-9(4-7)12-6-11-8;1-7-3-5-8(9-2)6-4-7;6-4-1-2-5-3-4;2-1-3/h2-4,6,10H,5H2,1H3,(H,11,12);3-6H,1-2H3;4-6H,1-3H2;1H,(H,2,3). The lowest BCUT2D eigenvalue weighted by Gasteiger charge is -1.98. The molecule has 1 atom stereocenters. The highest BCUT2D eigenvalue weighted by Gasteiger charge is 2.08. The zero-order valence-corrected chi connectivity index (χ0v) is 17.8. The first kappa shape index (κ1) is 25.1. The predicted octanol–water partition coefficient (Wildman–Crippen LogP) is 2.33. The van der Waals surface area contributed by atoms with Gasteiger partial charge in [0.15, 0.2) is 0 Å². The normalized spacial score (nSPS) is 14.3. The summed E-state index contributed by atoms with van der Waals surface area (Å²) in [6.45, 7) is 4.48. The van der Waals surface area contributed by atoms with Crippen LogP contribution in [0.25, 0.3) is 11.0 Å². The predicted molar refractivity (Wildman–Crippen MR) is 119 cm³/mol. The van der Waals surface area contributed by atoms with Gasteiger partial charge in [-0.05, 0) is 56.8 Å². The number of methoxy groups -OCH3 is 1.